The Balaban J connectivity index is 1.95. The Bertz CT molecular complexity index is 785. The molecule has 0 saturated carbocycles. The summed E-state index contributed by atoms with van der Waals surface area (Å²) in [4.78, 5) is 23.6. The molecule has 2 aromatic carbocycles. The molecule has 0 radical (unpaired) electrons. The molecule has 2 aromatic rings. The lowest BCUT2D eigenvalue weighted by atomic mass is 10.1. The standard InChI is InChI=1S/C18H19N3O3/c1-12-8-9-15(10-13(12)2)20-17(22)18(23)21-19-11-14-6-4-5-7-16(14)24-3/h4-11H,1-3H3,(H,20,22)(H,21,23). The minimum Gasteiger partial charge on any atom is -0.496 e. The van der Waals surface area contributed by atoms with Crippen molar-refractivity contribution in [3.05, 3.63) is 59.2 Å². The minimum atomic E-state index is -0.848. The van der Waals surface area contributed by atoms with Crippen LogP contribution in [0.1, 0.15) is 16.7 Å². The van der Waals surface area contributed by atoms with Crippen LogP contribution in [0.15, 0.2) is 47.6 Å². The highest BCUT2D eigenvalue weighted by Gasteiger charge is 2.13. The van der Waals surface area contributed by atoms with E-state index in [1.54, 1.807) is 31.4 Å². The van der Waals surface area contributed by atoms with Gasteiger partial charge in [-0.15, -0.1) is 0 Å². The Morgan fingerprint density at radius 2 is 1.79 bits per heavy atom. The quantitative estimate of drug-likeness (QED) is 0.515. The molecular weight excluding hydrogens is 306 g/mol. The van der Waals surface area contributed by atoms with Gasteiger partial charge in [0.25, 0.3) is 0 Å². The van der Waals surface area contributed by atoms with Crippen LogP contribution in [0.25, 0.3) is 0 Å². The van der Waals surface area contributed by atoms with Crippen molar-refractivity contribution in [3.63, 3.8) is 0 Å². The van der Waals surface area contributed by atoms with Crippen LogP contribution < -0.4 is 15.5 Å². The number of methoxy groups -OCH3 is 1. The Hall–Kier alpha value is -3.15. The SMILES string of the molecule is COc1ccccc1C=NNC(=O)C(=O)Nc1ccc(C)c(C)c1. The first-order valence-electron chi connectivity index (χ1n) is 7.36. The molecule has 6 nitrogen and oxygen atoms in total. The fraction of sp³-hybridized carbons (Fsp3) is 0.167. The van der Waals surface area contributed by atoms with Gasteiger partial charge in [0.05, 0.1) is 13.3 Å². The summed E-state index contributed by atoms with van der Waals surface area (Å²) in [5.74, 6) is -1.01. The minimum absolute atomic E-state index is 0.562. The highest BCUT2D eigenvalue weighted by Crippen LogP contribution is 2.15. The molecule has 0 unspecified atom stereocenters. The van der Waals surface area contributed by atoms with Crippen LogP contribution >= 0.6 is 0 Å². The van der Waals surface area contributed by atoms with Crippen LogP contribution in [0.5, 0.6) is 5.75 Å². The third-order valence-corrected chi connectivity index (χ3v) is 3.48. The number of aryl methyl sites for hydroxylation is 2. The van der Waals surface area contributed by atoms with Gasteiger partial charge in [-0.05, 0) is 49.2 Å². The van der Waals surface area contributed by atoms with Crippen LogP contribution in [0.4, 0.5) is 5.69 Å². The second-order valence-corrected chi connectivity index (χ2v) is 5.19. The van der Waals surface area contributed by atoms with E-state index in [4.69, 9.17) is 4.74 Å². The Morgan fingerprint density at radius 1 is 1.04 bits per heavy atom. The smallest absolute Gasteiger partial charge is 0.329 e. The first kappa shape index (κ1) is 17.2. The number of anilines is 1. The molecule has 0 bridgehead atoms. The monoisotopic (exact) mass is 325 g/mol. The zero-order chi connectivity index (χ0) is 17.5. The lowest BCUT2D eigenvalue weighted by Crippen LogP contribution is -2.32. The van der Waals surface area contributed by atoms with E-state index in [0.29, 0.717) is 17.0 Å². The van der Waals surface area contributed by atoms with Gasteiger partial charge in [0.2, 0.25) is 0 Å². The van der Waals surface area contributed by atoms with Gasteiger partial charge in [0.15, 0.2) is 0 Å². The van der Waals surface area contributed by atoms with Crippen molar-refractivity contribution in [1.82, 2.24) is 5.43 Å². The maximum Gasteiger partial charge on any atom is 0.329 e. The molecule has 0 spiro atoms. The third-order valence-electron chi connectivity index (χ3n) is 3.48. The van der Waals surface area contributed by atoms with Crippen LogP contribution in [-0.4, -0.2) is 25.1 Å². The molecule has 0 aliphatic heterocycles. The van der Waals surface area contributed by atoms with Crippen molar-refractivity contribution < 1.29 is 14.3 Å². The van der Waals surface area contributed by atoms with Gasteiger partial charge >= 0.3 is 11.8 Å². The number of ether oxygens (including phenoxy) is 1. The second kappa shape index (κ2) is 7.92. The number of amides is 2. The van der Waals surface area contributed by atoms with Gasteiger partial charge in [-0.2, -0.15) is 5.10 Å². The van der Waals surface area contributed by atoms with E-state index >= 15 is 0 Å². The molecular formula is C18H19N3O3. The summed E-state index contributed by atoms with van der Waals surface area (Å²) >= 11 is 0. The number of hydrogen-bond acceptors (Lipinski definition) is 4. The maximum atomic E-state index is 11.9. The molecule has 124 valence electrons. The average molecular weight is 325 g/mol. The highest BCUT2D eigenvalue weighted by atomic mass is 16.5. The molecule has 2 rings (SSSR count). The lowest BCUT2D eigenvalue weighted by molar-refractivity contribution is -0.136. The van der Waals surface area contributed by atoms with Crippen molar-refractivity contribution in [2.24, 2.45) is 5.10 Å². The molecule has 0 atom stereocenters. The first-order chi connectivity index (χ1) is 11.5. The summed E-state index contributed by atoms with van der Waals surface area (Å²) in [5.41, 5.74) is 5.58. The van der Waals surface area contributed by atoms with Gasteiger partial charge in [-0.25, -0.2) is 5.43 Å². The van der Waals surface area contributed by atoms with E-state index in [2.05, 4.69) is 15.8 Å². The fourth-order valence-corrected chi connectivity index (χ4v) is 1.99. The molecule has 24 heavy (non-hydrogen) atoms. The van der Waals surface area contributed by atoms with Crippen molar-refractivity contribution in [2.45, 2.75) is 13.8 Å². The Morgan fingerprint density at radius 3 is 2.50 bits per heavy atom. The molecule has 0 aliphatic rings. The predicted molar refractivity (Wildman–Crippen MR) is 93.3 cm³/mol. The van der Waals surface area contributed by atoms with Crippen LogP contribution in [0.2, 0.25) is 0 Å². The molecule has 2 amide bonds. The van der Waals surface area contributed by atoms with Gasteiger partial charge in [-0.1, -0.05) is 18.2 Å². The zero-order valence-electron chi connectivity index (χ0n) is 13.8. The number of benzene rings is 2. The van der Waals surface area contributed by atoms with E-state index in [9.17, 15) is 9.59 Å². The first-order valence-corrected chi connectivity index (χ1v) is 7.36. The van der Waals surface area contributed by atoms with Crippen molar-refractivity contribution in [2.75, 3.05) is 12.4 Å². The number of rotatable bonds is 4. The van der Waals surface area contributed by atoms with Crippen LogP contribution in [-0.2, 0) is 9.59 Å². The molecule has 0 aliphatic carbocycles. The van der Waals surface area contributed by atoms with Gasteiger partial charge in [-0.3, -0.25) is 9.59 Å². The van der Waals surface area contributed by atoms with Crippen molar-refractivity contribution in [1.29, 1.82) is 0 Å². The number of carbonyl (C=O) groups is 2. The van der Waals surface area contributed by atoms with E-state index in [0.717, 1.165) is 11.1 Å². The van der Waals surface area contributed by atoms with Crippen LogP contribution in [0, 0.1) is 13.8 Å². The molecule has 0 saturated heterocycles. The number of hydrogen-bond donors (Lipinski definition) is 2. The topological polar surface area (TPSA) is 79.8 Å². The summed E-state index contributed by atoms with van der Waals surface area (Å²) in [7, 11) is 1.54. The largest absolute Gasteiger partial charge is 0.496 e. The van der Waals surface area contributed by atoms with Crippen LogP contribution in [0.3, 0.4) is 0 Å². The molecule has 0 fully saturated rings. The van der Waals surface area contributed by atoms with Crippen molar-refractivity contribution >= 4 is 23.7 Å². The van der Waals surface area contributed by atoms with Gasteiger partial charge in [0, 0.05) is 11.3 Å². The number of carbonyl (C=O) groups excluding carboxylic acids is 2. The number of para-hydroxylation sites is 1. The second-order valence-electron chi connectivity index (χ2n) is 5.19. The molecule has 0 aromatic heterocycles. The number of nitrogens with one attached hydrogen (secondary N) is 2. The fourth-order valence-electron chi connectivity index (χ4n) is 1.99. The predicted octanol–water partition coefficient (Wildman–Crippen LogP) is 2.40. The van der Waals surface area contributed by atoms with E-state index in [1.165, 1.54) is 6.21 Å². The highest BCUT2D eigenvalue weighted by molar-refractivity contribution is 6.39. The summed E-state index contributed by atoms with van der Waals surface area (Å²) in [6, 6.07) is 12.6. The molecule has 6 heteroatoms. The summed E-state index contributed by atoms with van der Waals surface area (Å²) < 4.78 is 5.17. The Kier molecular flexibility index (Phi) is 5.68. The zero-order valence-corrected chi connectivity index (χ0v) is 13.8. The third kappa shape index (κ3) is 4.42. The summed E-state index contributed by atoms with van der Waals surface area (Å²) in [6.07, 6.45) is 1.42. The lowest BCUT2D eigenvalue weighted by Gasteiger charge is -2.06. The summed E-state index contributed by atoms with van der Waals surface area (Å²) in [5, 5.41) is 6.31. The van der Waals surface area contributed by atoms with E-state index < -0.39 is 11.8 Å². The van der Waals surface area contributed by atoms with E-state index in [1.807, 2.05) is 32.0 Å². The number of hydrazone groups is 1. The Labute approximate surface area is 140 Å². The van der Waals surface area contributed by atoms with E-state index in [-0.39, 0.29) is 0 Å². The molecule has 2 N–H and O–H groups in total. The summed E-state index contributed by atoms with van der Waals surface area (Å²) in [6.45, 7) is 3.91. The van der Waals surface area contributed by atoms with Gasteiger partial charge in [0.1, 0.15) is 5.75 Å². The van der Waals surface area contributed by atoms with Crippen molar-refractivity contribution in [3.8, 4) is 5.75 Å². The van der Waals surface area contributed by atoms with Gasteiger partial charge < -0.3 is 10.1 Å². The molecule has 0 heterocycles. The average Bonchev–Trinajstić information content (AvgIpc) is 2.58. The normalized spacial score (nSPS) is 10.5. The maximum absolute atomic E-state index is 11.9. The number of nitrogens with zero attached hydrogens (tertiary/aromatic N) is 1.